The second kappa shape index (κ2) is 4.55. The molecule has 0 amide bonds. The summed E-state index contributed by atoms with van der Waals surface area (Å²) in [6.07, 6.45) is 0.857. The van der Waals surface area contributed by atoms with Crippen LogP contribution in [0.15, 0.2) is 24.3 Å². The molecule has 1 aromatic carbocycles. The number of aromatic nitrogens is 1. The molecule has 17 heavy (non-hydrogen) atoms. The molecule has 2 nitrogen and oxygen atoms in total. The molecule has 88 valence electrons. The first-order valence-corrected chi connectivity index (χ1v) is 5.89. The Kier molecular flexibility index (Phi) is 3.27. The average molecular weight is 268 g/mol. The molecule has 0 saturated carbocycles. The van der Waals surface area contributed by atoms with Gasteiger partial charge in [-0.3, -0.25) is 4.79 Å². The Hall–Kier alpha value is -1.25. The predicted octanol–water partition coefficient (Wildman–Crippen LogP) is 4.21. The summed E-state index contributed by atoms with van der Waals surface area (Å²) in [6, 6.07) is 7.27. The van der Waals surface area contributed by atoms with E-state index in [4.69, 9.17) is 23.2 Å². The summed E-state index contributed by atoms with van der Waals surface area (Å²) < 4.78 is 1.98. The third kappa shape index (κ3) is 2.11. The van der Waals surface area contributed by atoms with Crippen molar-refractivity contribution in [1.29, 1.82) is 0 Å². The Morgan fingerprint density at radius 2 is 1.82 bits per heavy atom. The van der Waals surface area contributed by atoms with Gasteiger partial charge in [-0.05, 0) is 38.1 Å². The second-order valence-electron chi connectivity index (χ2n) is 3.88. The van der Waals surface area contributed by atoms with Gasteiger partial charge < -0.3 is 4.57 Å². The minimum absolute atomic E-state index is 0.504. The smallest absolute Gasteiger partial charge is 0.151 e. The zero-order valence-electron chi connectivity index (χ0n) is 9.50. The van der Waals surface area contributed by atoms with Crippen LogP contribution in [-0.4, -0.2) is 10.9 Å². The van der Waals surface area contributed by atoms with Crippen molar-refractivity contribution in [3.63, 3.8) is 0 Å². The Balaban J connectivity index is 2.63. The van der Waals surface area contributed by atoms with Crippen molar-refractivity contribution in [2.75, 3.05) is 0 Å². The van der Waals surface area contributed by atoms with E-state index in [1.807, 2.05) is 30.5 Å². The number of aryl methyl sites for hydroxylation is 1. The van der Waals surface area contributed by atoms with Crippen LogP contribution in [0.4, 0.5) is 0 Å². The van der Waals surface area contributed by atoms with E-state index in [9.17, 15) is 4.79 Å². The van der Waals surface area contributed by atoms with Gasteiger partial charge >= 0.3 is 0 Å². The Morgan fingerprint density at radius 1 is 1.12 bits per heavy atom. The standard InChI is InChI=1S/C13H11Cl2NO/c1-8-5-10(7-17)9(2)16(8)11-3-4-12(14)13(15)6-11/h3-7H,1-2H3. The summed E-state index contributed by atoms with van der Waals surface area (Å²) in [7, 11) is 0. The van der Waals surface area contributed by atoms with Crippen LogP contribution in [0.2, 0.25) is 10.0 Å². The number of halogens is 2. The van der Waals surface area contributed by atoms with Gasteiger partial charge in [0.15, 0.2) is 6.29 Å². The molecule has 0 spiro atoms. The largest absolute Gasteiger partial charge is 0.318 e. The van der Waals surface area contributed by atoms with Crippen LogP contribution in [0.5, 0.6) is 0 Å². The van der Waals surface area contributed by atoms with E-state index < -0.39 is 0 Å². The normalized spacial score (nSPS) is 10.6. The average Bonchev–Trinajstić information content (AvgIpc) is 2.58. The van der Waals surface area contributed by atoms with Gasteiger partial charge in [-0.15, -0.1) is 0 Å². The summed E-state index contributed by atoms with van der Waals surface area (Å²) >= 11 is 11.9. The molecule has 1 aromatic heterocycles. The van der Waals surface area contributed by atoms with Gasteiger partial charge in [-0.25, -0.2) is 0 Å². The van der Waals surface area contributed by atoms with E-state index in [0.29, 0.717) is 15.6 Å². The lowest BCUT2D eigenvalue weighted by Gasteiger charge is -2.10. The summed E-state index contributed by atoms with van der Waals surface area (Å²) in [5, 5.41) is 1.03. The van der Waals surface area contributed by atoms with Crippen molar-refractivity contribution in [2.45, 2.75) is 13.8 Å². The van der Waals surface area contributed by atoms with Gasteiger partial charge in [-0.1, -0.05) is 23.2 Å². The molecule has 4 heteroatoms. The molecule has 0 atom stereocenters. The molecule has 0 unspecified atom stereocenters. The maximum absolute atomic E-state index is 10.9. The third-order valence-corrected chi connectivity index (χ3v) is 3.50. The molecule has 0 radical (unpaired) electrons. The topological polar surface area (TPSA) is 22.0 Å². The fraction of sp³-hybridized carbons (Fsp3) is 0.154. The highest BCUT2D eigenvalue weighted by Gasteiger charge is 2.10. The van der Waals surface area contributed by atoms with Gasteiger partial charge in [0.1, 0.15) is 0 Å². The molecule has 0 bridgehead atoms. The molecule has 0 saturated heterocycles. The van der Waals surface area contributed by atoms with Crippen molar-refractivity contribution in [1.82, 2.24) is 4.57 Å². The van der Waals surface area contributed by atoms with Crippen molar-refractivity contribution in [3.05, 3.63) is 51.3 Å². The van der Waals surface area contributed by atoms with E-state index >= 15 is 0 Å². The first-order chi connectivity index (χ1) is 8.04. The van der Waals surface area contributed by atoms with E-state index in [1.54, 1.807) is 12.1 Å². The summed E-state index contributed by atoms with van der Waals surface area (Å²) in [5.41, 5.74) is 3.48. The number of carbonyl (C=O) groups excluding carboxylic acids is 1. The molecule has 0 aliphatic carbocycles. The fourth-order valence-electron chi connectivity index (χ4n) is 1.93. The lowest BCUT2D eigenvalue weighted by atomic mass is 10.2. The van der Waals surface area contributed by atoms with Crippen LogP contribution in [0, 0.1) is 13.8 Å². The number of rotatable bonds is 2. The van der Waals surface area contributed by atoms with E-state index in [-0.39, 0.29) is 0 Å². The second-order valence-corrected chi connectivity index (χ2v) is 4.69. The van der Waals surface area contributed by atoms with Crippen molar-refractivity contribution >= 4 is 29.5 Å². The summed E-state index contributed by atoms with van der Waals surface area (Å²) in [6.45, 7) is 3.85. The maximum Gasteiger partial charge on any atom is 0.151 e. The van der Waals surface area contributed by atoms with Crippen LogP contribution >= 0.6 is 23.2 Å². The van der Waals surface area contributed by atoms with Gasteiger partial charge in [0.2, 0.25) is 0 Å². The first kappa shape index (κ1) is 12.2. The molecule has 2 rings (SSSR count). The van der Waals surface area contributed by atoms with Gasteiger partial charge in [0.25, 0.3) is 0 Å². The fourth-order valence-corrected chi connectivity index (χ4v) is 2.22. The van der Waals surface area contributed by atoms with Gasteiger partial charge in [0.05, 0.1) is 10.0 Å². The SMILES string of the molecule is Cc1cc(C=O)c(C)n1-c1ccc(Cl)c(Cl)c1. The Bertz CT molecular complexity index is 587. The monoisotopic (exact) mass is 267 g/mol. The number of hydrogen-bond donors (Lipinski definition) is 0. The zero-order chi connectivity index (χ0) is 12.6. The highest BCUT2D eigenvalue weighted by atomic mass is 35.5. The molecule has 2 aromatic rings. The molecule has 0 fully saturated rings. The number of nitrogens with zero attached hydrogens (tertiary/aromatic N) is 1. The number of carbonyl (C=O) groups is 1. The predicted molar refractivity (Wildman–Crippen MR) is 70.7 cm³/mol. The first-order valence-electron chi connectivity index (χ1n) is 5.14. The van der Waals surface area contributed by atoms with E-state index in [2.05, 4.69) is 0 Å². The lowest BCUT2D eigenvalue weighted by molar-refractivity contribution is 0.112. The zero-order valence-corrected chi connectivity index (χ0v) is 11.0. The minimum atomic E-state index is 0.504. The van der Waals surface area contributed by atoms with Crippen molar-refractivity contribution in [3.8, 4) is 5.69 Å². The Morgan fingerprint density at radius 3 is 2.35 bits per heavy atom. The number of aldehydes is 1. The van der Waals surface area contributed by atoms with Crippen LogP contribution in [-0.2, 0) is 0 Å². The Labute approximate surface area is 110 Å². The number of hydrogen-bond acceptors (Lipinski definition) is 1. The van der Waals surface area contributed by atoms with Gasteiger partial charge in [0, 0.05) is 22.6 Å². The molecular weight excluding hydrogens is 257 g/mol. The molecular formula is C13H11Cl2NO. The van der Waals surface area contributed by atoms with E-state index in [0.717, 1.165) is 23.4 Å². The van der Waals surface area contributed by atoms with Crippen LogP contribution < -0.4 is 0 Å². The maximum atomic E-state index is 10.9. The van der Waals surface area contributed by atoms with Crippen LogP contribution in [0.3, 0.4) is 0 Å². The number of benzene rings is 1. The highest BCUT2D eigenvalue weighted by molar-refractivity contribution is 6.42. The van der Waals surface area contributed by atoms with Crippen molar-refractivity contribution in [2.24, 2.45) is 0 Å². The summed E-state index contributed by atoms with van der Waals surface area (Å²) in [5.74, 6) is 0. The molecule has 0 aliphatic heterocycles. The molecule has 0 N–H and O–H groups in total. The van der Waals surface area contributed by atoms with Crippen LogP contribution in [0.1, 0.15) is 21.7 Å². The molecule has 1 heterocycles. The van der Waals surface area contributed by atoms with Gasteiger partial charge in [-0.2, -0.15) is 0 Å². The van der Waals surface area contributed by atoms with Crippen molar-refractivity contribution < 1.29 is 4.79 Å². The third-order valence-electron chi connectivity index (χ3n) is 2.76. The van der Waals surface area contributed by atoms with E-state index in [1.165, 1.54) is 0 Å². The quantitative estimate of drug-likeness (QED) is 0.747. The lowest BCUT2D eigenvalue weighted by Crippen LogP contribution is -1.99. The highest BCUT2D eigenvalue weighted by Crippen LogP contribution is 2.27. The summed E-state index contributed by atoms with van der Waals surface area (Å²) in [4.78, 5) is 10.9. The van der Waals surface area contributed by atoms with Crippen LogP contribution in [0.25, 0.3) is 5.69 Å². The minimum Gasteiger partial charge on any atom is -0.318 e. The molecule has 0 aliphatic rings.